The number of aryl methyl sites for hydroxylation is 1. The zero-order chi connectivity index (χ0) is 16.9. The van der Waals surface area contributed by atoms with E-state index in [9.17, 15) is 4.79 Å². The van der Waals surface area contributed by atoms with E-state index in [1.807, 2.05) is 12.3 Å². The number of thiazole rings is 1. The number of amides is 1. The highest BCUT2D eigenvalue weighted by atomic mass is 32.1. The van der Waals surface area contributed by atoms with Crippen LogP contribution in [-0.4, -0.2) is 34.9 Å². The smallest absolute Gasteiger partial charge is 0.244 e. The van der Waals surface area contributed by atoms with E-state index in [1.54, 1.807) is 23.5 Å². The summed E-state index contributed by atoms with van der Waals surface area (Å²) in [6, 6.07) is 8.93. The quantitative estimate of drug-likeness (QED) is 0.850. The van der Waals surface area contributed by atoms with Crippen LogP contribution in [0.3, 0.4) is 0 Å². The molecule has 1 aromatic heterocycles. The van der Waals surface area contributed by atoms with E-state index in [2.05, 4.69) is 46.4 Å². The van der Waals surface area contributed by atoms with Crippen LogP contribution in [0, 0.1) is 6.92 Å². The van der Waals surface area contributed by atoms with Crippen molar-refractivity contribution in [1.29, 1.82) is 0 Å². The molecule has 24 heavy (non-hydrogen) atoms. The van der Waals surface area contributed by atoms with Gasteiger partial charge >= 0.3 is 0 Å². The van der Waals surface area contributed by atoms with Crippen molar-refractivity contribution >= 4 is 23.3 Å². The third-order valence-corrected chi connectivity index (χ3v) is 5.19. The lowest BCUT2D eigenvalue weighted by Crippen LogP contribution is -2.44. The fourth-order valence-electron chi connectivity index (χ4n) is 2.95. The van der Waals surface area contributed by atoms with Crippen molar-refractivity contribution in [2.75, 3.05) is 13.1 Å². The summed E-state index contributed by atoms with van der Waals surface area (Å²) in [5, 5.41) is 5.95. The molecule has 2 heterocycles. The summed E-state index contributed by atoms with van der Waals surface area (Å²) in [5.41, 5.74) is 3.69. The third-order valence-electron chi connectivity index (χ3n) is 4.40. The van der Waals surface area contributed by atoms with Crippen LogP contribution in [0.5, 0.6) is 0 Å². The lowest BCUT2D eigenvalue weighted by molar-refractivity contribution is -0.116. The van der Waals surface area contributed by atoms with Crippen LogP contribution in [0.15, 0.2) is 35.7 Å². The molecular formula is C19H23N3OS. The molecule has 1 aliphatic rings. The minimum absolute atomic E-state index is 0.0649. The number of carbonyl (C=O) groups excluding carboxylic acids is 1. The van der Waals surface area contributed by atoms with Crippen molar-refractivity contribution in [3.8, 4) is 0 Å². The summed E-state index contributed by atoms with van der Waals surface area (Å²) in [5.74, 6) is -0.0649. The Kier molecular flexibility index (Phi) is 5.43. The first-order chi connectivity index (χ1) is 11.6. The number of rotatable bonds is 5. The van der Waals surface area contributed by atoms with Gasteiger partial charge in [0.25, 0.3) is 0 Å². The summed E-state index contributed by atoms with van der Waals surface area (Å²) in [7, 11) is 0. The van der Waals surface area contributed by atoms with Crippen molar-refractivity contribution < 1.29 is 4.79 Å². The van der Waals surface area contributed by atoms with Gasteiger partial charge in [-0.15, -0.1) is 11.3 Å². The van der Waals surface area contributed by atoms with E-state index in [1.165, 1.54) is 11.1 Å². The molecule has 1 atom stereocenters. The molecule has 1 aromatic carbocycles. The van der Waals surface area contributed by atoms with Gasteiger partial charge in [-0.05, 0) is 37.5 Å². The molecule has 1 unspecified atom stereocenters. The summed E-state index contributed by atoms with van der Waals surface area (Å²) >= 11 is 1.59. The van der Waals surface area contributed by atoms with Crippen molar-refractivity contribution in [2.45, 2.75) is 32.9 Å². The number of benzene rings is 1. The van der Waals surface area contributed by atoms with Gasteiger partial charge < -0.3 is 5.32 Å². The fourth-order valence-corrected chi connectivity index (χ4v) is 3.53. The zero-order valence-electron chi connectivity index (χ0n) is 14.2. The van der Waals surface area contributed by atoms with Crippen molar-refractivity contribution in [2.24, 2.45) is 0 Å². The molecular weight excluding hydrogens is 318 g/mol. The van der Waals surface area contributed by atoms with Crippen LogP contribution < -0.4 is 5.32 Å². The molecule has 0 aliphatic carbocycles. The number of carbonyl (C=O) groups is 1. The van der Waals surface area contributed by atoms with Crippen LogP contribution >= 0.6 is 11.3 Å². The zero-order valence-corrected chi connectivity index (χ0v) is 15.0. The molecule has 126 valence electrons. The number of hydrogen-bond acceptors (Lipinski definition) is 4. The van der Waals surface area contributed by atoms with Crippen LogP contribution in [-0.2, 0) is 17.8 Å². The average Bonchev–Trinajstić information content (AvgIpc) is 3.02. The molecule has 0 bridgehead atoms. The molecule has 1 N–H and O–H groups in total. The van der Waals surface area contributed by atoms with Crippen LogP contribution in [0.2, 0.25) is 0 Å². The predicted octanol–water partition coefficient (Wildman–Crippen LogP) is 3.03. The van der Waals surface area contributed by atoms with Crippen molar-refractivity contribution in [3.05, 3.63) is 57.6 Å². The van der Waals surface area contributed by atoms with Crippen molar-refractivity contribution in [1.82, 2.24) is 15.2 Å². The maximum atomic E-state index is 12.0. The monoisotopic (exact) mass is 341 g/mol. The second kappa shape index (κ2) is 7.73. The predicted molar refractivity (Wildman–Crippen MR) is 98.9 cm³/mol. The second-order valence-corrected chi connectivity index (χ2v) is 7.27. The molecule has 0 saturated heterocycles. The van der Waals surface area contributed by atoms with Gasteiger partial charge in [-0.1, -0.05) is 24.3 Å². The third kappa shape index (κ3) is 4.30. The molecule has 1 aliphatic heterocycles. The normalized spacial score (nSPS) is 16.1. The van der Waals surface area contributed by atoms with Crippen molar-refractivity contribution in [3.63, 3.8) is 0 Å². The molecule has 3 rings (SSSR count). The Morgan fingerprint density at radius 3 is 2.96 bits per heavy atom. The minimum Gasteiger partial charge on any atom is -0.351 e. The maximum absolute atomic E-state index is 12.0. The number of nitrogens with one attached hydrogen (secondary N) is 1. The number of nitrogens with zero attached hydrogens (tertiary/aromatic N) is 2. The number of aromatic nitrogens is 1. The Bertz CT molecular complexity index is 738. The SMILES string of the molecule is Cc1nc(/C=C/C(=O)NCC(C)N2CCc3ccccc3C2)cs1. The Hall–Kier alpha value is -1.98. The van der Waals surface area contributed by atoms with E-state index >= 15 is 0 Å². The average molecular weight is 341 g/mol. The van der Waals surface area contributed by atoms with E-state index in [-0.39, 0.29) is 5.91 Å². The molecule has 0 spiro atoms. The Morgan fingerprint density at radius 2 is 2.21 bits per heavy atom. The molecule has 4 nitrogen and oxygen atoms in total. The Labute approximate surface area is 147 Å². The lowest BCUT2D eigenvalue weighted by atomic mass is 9.99. The fraction of sp³-hybridized carbons (Fsp3) is 0.368. The maximum Gasteiger partial charge on any atom is 0.244 e. The summed E-state index contributed by atoms with van der Waals surface area (Å²) < 4.78 is 0. The number of hydrogen-bond donors (Lipinski definition) is 1. The van der Waals surface area contributed by atoms with E-state index < -0.39 is 0 Å². The molecule has 0 radical (unpaired) electrons. The van der Waals surface area contributed by atoms with Gasteiger partial charge in [0.2, 0.25) is 5.91 Å². The topological polar surface area (TPSA) is 45.2 Å². The lowest BCUT2D eigenvalue weighted by Gasteiger charge is -2.33. The van der Waals surface area contributed by atoms with Gasteiger partial charge in [0.05, 0.1) is 10.7 Å². The van der Waals surface area contributed by atoms with Crippen LogP contribution in [0.1, 0.15) is 28.8 Å². The largest absolute Gasteiger partial charge is 0.351 e. The van der Waals surface area contributed by atoms with Gasteiger partial charge in [-0.3, -0.25) is 9.69 Å². The first kappa shape index (κ1) is 16.9. The molecule has 5 heteroatoms. The summed E-state index contributed by atoms with van der Waals surface area (Å²) in [4.78, 5) is 18.7. The highest BCUT2D eigenvalue weighted by molar-refractivity contribution is 7.09. The first-order valence-corrected chi connectivity index (χ1v) is 9.18. The second-order valence-electron chi connectivity index (χ2n) is 6.21. The Morgan fingerprint density at radius 1 is 1.42 bits per heavy atom. The highest BCUT2D eigenvalue weighted by Gasteiger charge is 2.20. The van der Waals surface area contributed by atoms with E-state index in [0.717, 1.165) is 30.2 Å². The highest BCUT2D eigenvalue weighted by Crippen LogP contribution is 2.19. The molecule has 0 fully saturated rings. The van der Waals surface area contributed by atoms with Gasteiger partial charge in [-0.25, -0.2) is 4.98 Å². The van der Waals surface area contributed by atoms with Crippen LogP contribution in [0.25, 0.3) is 6.08 Å². The van der Waals surface area contributed by atoms with E-state index in [4.69, 9.17) is 0 Å². The van der Waals surface area contributed by atoms with Gasteiger partial charge in [0, 0.05) is 37.1 Å². The van der Waals surface area contributed by atoms with Crippen LogP contribution in [0.4, 0.5) is 0 Å². The molecule has 2 aromatic rings. The van der Waals surface area contributed by atoms with E-state index in [0.29, 0.717) is 12.6 Å². The van der Waals surface area contributed by atoms with Gasteiger partial charge in [0.1, 0.15) is 0 Å². The Balaban J connectivity index is 1.48. The van der Waals surface area contributed by atoms with Gasteiger partial charge in [-0.2, -0.15) is 0 Å². The molecule has 1 amide bonds. The summed E-state index contributed by atoms with van der Waals surface area (Å²) in [6.45, 7) is 6.78. The molecule has 0 saturated carbocycles. The number of fused-ring (bicyclic) bond motifs is 1. The first-order valence-electron chi connectivity index (χ1n) is 8.30. The van der Waals surface area contributed by atoms with Gasteiger partial charge in [0.15, 0.2) is 0 Å². The summed E-state index contributed by atoms with van der Waals surface area (Å²) in [6.07, 6.45) is 4.41. The standard InChI is InChI=1S/C19H23N3OS/c1-14(22-10-9-16-5-3-4-6-17(16)12-22)11-20-19(23)8-7-18-13-24-15(2)21-18/h3-8,13-14H,9-12H2,1-2H3,(H,20,23)/b8-7+. The minimum atomic E-state index is -0.0649.